The second kappa shape index (κ2) is 4.70. The highest BCUT2D eigenvalue weighted by atomic mass is 16.5. The lowest BCUT2D eigenvalue weighted by molar-refractivity contribution is 0.0699. The van der Waals surface area contributed by atoms with Crippen molar-refractivity contribution in [2.45, 2.75) is 0 Å². The minimum Gasteiger partial charge on any atom is -0.497 e. The van der Waals surface area contributed by atoms with Crippen LogP contribution in [0.4, 0.5) is 0 Å². The molecule has 0 atom stereocenters. The molecule has 0 bridgehead atoms. The number of benzene rings is 2. The van der Waals surface area contributed by atoms with Crippen molar-refractivity contribution in [3.63, 3.8) is 0 Å². The van der Waals surface area contributed by atoms with Crippen LogP contribution in [0, 0.1) is 0 Å². The van der Waals surface area contributed by atoms with Crippen molar-refractivity contribution in [1.29, 1.82) is 0 Å². The minimum absolute atomic E-state index is 0.203. The van der Waals surface area contributed by atoms with E-state index in [4.69, 9.17) is 9.84 Å². The summed E-state index contributed by atoms with van der Waals surface area (Å²) in [5.74, 6) is -0.208. The Balaban J connectivity index is 2.17. The molecule has 3 rings (SSSR count). The van der Waals surface area contributed by atoms with Crippen LogP contribution >= 0.6 is 0 Å². The third kappa shape index (κ3) is 1.89. The highest BCUT2D eigenvalue weighted by Gasteiger charge is 2.12. The number of carbonyl (C=O) groups is 1. The maximum atomic E-state index is 11.2. The molecule has 1 aromatic heterocycles. The first-order valence-corrected chi connectivity index (χ1v) is 6.04. The molecule has 20 heavy (non-hydrogen) atoms. The number of carboxylic acid groups (broad SMARTS) is 1. The lowest BCUT2D eigenvalue weighted by Crippen LogP contribution is -1.98. The average molecular weight is 268 g/mol. The van der Waals surface area contributed by atoms with Gasteiger partial charge in [-0.05, 0) is 36.4 Å². The molecular weight excluding hydrogens is 256 g/mol. The fraction of sp³-hybridized carbons (Fsp3) is 0.0667. The highest BCUT2D eigenvalue weighted by molar-refractivity contribution is 6.01. The number of nitrogens with zero attached hydrogens (tertiary/aromatic N) is 2. The molecule has 0 aliphatic rings. The smallest absolute Gasteiger partial charge is 0.337 e. The van der Waals surface area contributed by atoms with Crippen LogP contribution in [0.5, 0.6) is 5.75 Å². The summed E-state index contributed by atoms with van der Waals surface area (Å²) in [6, 6.07) is 12.6. The number of para-hydroxylation sites is 1. The maximum Gasteiger partial charge on any atom is 0.337 e. The van der Waals surface area contributed by atoms with E-state index in [1.165, 1.54) is 0 Å². The molecule has 1 N–H and O–H groups in total. The number of methoxy groups -OCH3 is 1. The number of carboxylic acids is 1. The average Bonchev–Trinajstić information content (AvgIpc) is 2.91. The normalized spacial score (nSPS) is 10.7. The van der Waals surface area contributed by atoms with Crippen LogP contribution in [-0.2, 0) is 0 Å². The number of hydrogen-bond donors (Lipinski definition) is 1. The summed E-state index contributed by atoms with van der Waals surface area (Å²) in [6.07, 6.45) is 1.62. The molecular formula is C15H12N2O3. The summed E-state index contributed by atoms with van der Waals surface area (Å²) >= 11 is 0. The van der Waals surface area contributed by atoms with Gasteiger partial charge in [-0.3, -0.25) is 4.57 Å². The van der Waals surface area contributed by atoms with Gasteiger partial charge >= 0.3 is 5.97 Å². The van der Waals surface area contributed by atoms with E-state index < -0.39 is 5.97 Å². The van der Waals surface area contributed by atoms with E-state index in [2.05, 4.69) is 4.98 Å². The lowest BCUT2D eigenvalue weighted by Gasteiger charge is -2.06. The van der Waals surface area contributed by atoms with Gasteiger partial charge in [-0.1, -0.05) is 6.07 Å². The quantitative estimate of drug-likeness (QED) is 0.793. The first kappa shape index (κ1) is 12.2. The molecule has 0 aliphatic heterocycles. The zero-order valence-electron chi connectivity index (χ0n) is 10.8. The Hall–Kier alpha value is -2.82. The largest absolute Gasteiger partial charge is 0.497 e. The Kier molecular flexibility index (Phi) is 2.87. The molecule has 0 spiro atoms. The Morgan fingerprint density at radius 3 is 2.60 bits per heavy atom. The van der Waals surface area contributed by atoms with E-state index in [0.29, 0.717) is 5.52 Å². The van der Waals surface area contributed by atoms with E-state index in [0.717, 1.165) is 17.0 Å². The van der Waals surface area contributed by atoms with Crippen LogP contribution in [-0.4, -0.2) is 27.7 Å². The molecule has 0 radical (unpaired) electrons. The van der Waals surface area contributed by atoms with Crippen LogP contribution in [0.25, 0.3) is 16.7 Å². The number of rotatable bonds is 3. The standard InChI is InChI=1S/C15H12N2O3/c1-20-11-7-5-10(6-8-11)17-9-16-14-12(15(18)19)3-2-4-13(14)17/h2-9H,1H3,(H,18,19). The third-order valence-corrected chi connectivity index (χ3v) is 3.16. The number of ether oxygens (including phenoxy) is 1. The van der Waals surface area contributed by atoms with Gasteiger partial charge in [0, 0.05) is 5.69 Å². The van der Waals surface area contributed by atoms with Crippen molar-refractivity contribution in [2.24, 2.45) is 0 Å². The molecule has 0 fully saturated rings. The summed E-state index contributed by atoms with van der Waals surface area (Å²) in [5, 5.41) is 9.17. The van der Waals surface area contributed by atoms with Gasteiger partial charge in [0.2, 0.25) is 0 Å². The highest BCUT2D eigenvalue weighted by Crippen LogP contribution is 2.22. The van der Waals surface area contributed by atoms with E-state index in [9.17, 15) is 4.79 Å². The zero-order valence-corrected chi connectivity index (χ0v) is 10.8. The van der Waals surface area contributed by atoms with Gasteiger partial charge in [-0.2, -0.15) is 0 Å². The lowest BCUT2D eigenvalue weighted by atomic mass is 10.2. The summed E-state index contributed by atoms with van der Waals surface area (Å²) in [6.45, 7) is 0. The number of imidazole rings is 1. The van der Waals surface area contributed by atoms with E-state index >= 15 is 0 Å². The molecule has 0 saturated carbocycles. The molecule has 3 aromatic rings. The van der Waals surface area contributed by atoms with Gasteiger partial charge < -0.3 is 9.84 Å². The Labute approximate surface area is 115 Å². The number of aromatic carboxylic acids is 1. The summed E-state index contributed by atoms with van der Waals surface area (Å²) in [7, 11) is 1.61. The van der Waals surface area contributed by atoms with Crippen molar-refractivity contribution in [3.05, 3.63) is 54.4 Å². The van der Waals surface area contributed by atoms with Gasteiger partial charge in [-0.25, -0.2) is 9.78 Å². The second-order valence-electron chi connectivity index (χ2n) is 4.29. The molecule has 2 aromatic carbocycles. The molecule has 5 heteroatoms. The van der Waals surface area contributed by atoms with Crippen LogP contribution in [0.1, 0.15) is 10.4 Å². The topological polar surface area (TPSA) is 64.4 Å². The van der Waals surface area contributed by atoms with Crippen LogP contribution in [0.3, 0.4) is 0 Å². The molecule has 100 valence electrons. The van der Waals surface area contributed by atoms with Gasteiger partial charge in [-0.15, -0.1) is 0 Å². The fourth-order valence-corrected chi connectivity index (χ4v) is 2.16. The van der Waals surface area contributed by atoms with E-state index in [1.807, 2.05) is 34.9 Å². The SMILES string of the molecule is COc1ccc(-n2cnc3c(C(=O)O)cccc32)cc1. The van der Waals surface area contributed by atoms with E-state index in [-0.39, 0.29) is 5.56 Å². The van der Waals surface area contributed by atoms with Crippen molar-refractivity contribution in [2.75, 3.05) is 7.11 Å². The first-order valence-electron chi connectivity index (χ1n) is 6.04. The number of fused-ring (bicyclic) bond motifs is 1. The molecule has 0 amide bonds. The summed E-state index contributed by atoms with van der Waals surface area (Å²) in [5.41, 5.74) is 2.34. The Morgan fingerprint density at radius 1 is 1.20 bits per heavy atom. The van der Waals surface area contributed by atoms with Crippen molar-refractivity contribution in [3.8, 4) is 11.4 Å². The van der Waals surface area contributed by atoms with E-state index in [1.54, 1.807) is 25.6 Å². The van der Waals surface area contributed by atoms with Crippen molar-refractivity contribution in [1.82, 2.24) is 9.55 Å². The zero-order chi connectivity index (χ0) is 14.1. The summed E-state index contributed by atoms with van der Waals surface area (Å²) in [4.78, 5) is 15.4. The number of hydrogen-bond acceptors (Lipinski definition) is 3. The number of aromatic nitrogens is 2. The van der Waals surface area contributed by atoms with Gasteiger partial charge in [0.05, 0.1) is 18.2 Å². The molecule has 0 aliphatic carbocycles. The predicted octanol–water partition coefficient (Wildman–Crippen LogP) is 2.73. The molecule has 0 unspecified atom stereocenters. The van der Waals surface area contributed by atoms with Crippen LogP contribution in [0.15, 0.2) is 48.8 Å². The first-order chi connectivity index (χ1) is 9.70. The summed E-state index contributed by atoms with van der Waals surface area (Å²) < 4.78 is 6.97. The predicted molar refractivity (Wildman–Crippen MR) is 74.6 cm³/mol. The second-order valence-corrected chi connectivity index (χ2v) is 4.29. The molecule has 5 nitrogen and oxygen atoms in total. The van der Waals surface area contributed by atoms with Crippen LogP contribution < -0.4 is 4.74 Å². The van der Waals surface area contributed by atoms with Crippen molar-refractivity contribution < 1.29 is 14.6 Å². The Morgan fingerprint density at radius 2 is 1.95 bits per heavy atom. The fourth-order valence-electron chi connectivity index (χ4n) is 2.16. The maximum absolute atomic E-state index is 11.2. The van der Waals surface area contributed by atoms with Gasteiger partial charge in [0.1, 0.15) is 17.6 Å². The van der Waals surface area contributed by atoms with Gasteiger partial charge in [0.25, 0.3) is 0 Å². The minimum atomic E-state index is -0.976. The monoisotopic (exact) mass is 268 g/mol. The Bertz CT molecular complexity index is 775. The van der Waals surface area contributed by atoms with Gasteiger partial charge in [0.15, 0.2) is 0 Å². The van der Waals surface area contributed by atoms with Crippen molar-refractivity contribution >= 4 is 17.0 Å². The third-order valence-electron chi connectivity index (χ3n) is 3.16. The van der Waals surface area contributed by atoms with Crippen LogP contribution in [0.2, 0.25) is 0 Å². The molecule has 0 saturated heterocycles. The molecule has 1 heterocycles.